The average Bonchev–Trinajstić information content (AvgIpc) is 3.07. The zero-order valence-electron chi connectivity index (χ0n) is 14.0. The van der Waals surface area contributed by atoms with Gasteiger partial charge in [-0.05, 0) is 30.5 Å². The maximum atomic E-state index is 13.8. The van der Waals surface area contributed by atoms with Gasteiger partial charge in [0.2, 0.25) is 0 Å². The minimum Gasteiger partial charge on any atom is -0.345 e. The molecule has 7 heteroatoms. The Morgan fingerprint density at radius 2 is 2.04 bits per heavy atom. The lowest BCUT2D eigenvalue weighted by Gasteiger charge is -2.34. The summed E-state index contributed by atoms with van der Waals surface area (Å²) in [6.45, 7) is 4.30. The standard InChI is InChI=1S/C18H19FN4S2/c1-24-14-2-3-16-17(10-14)25-18(21-16)23-8-6-22(7-9-23)12-13-4-5-20-11-15(13)19/h2-5,10-11H,6-9,12H2,1H3. The van der Waals surface area contributed by atoms with E-state index in [9.17, 15) is 4.39 Å². The first-order valence-electron chi connectivity index (χ1n) is 8.23. The Kier molecular flexibility index (Phi) is 4.87. The number of aromatic nitrogens is 2. The number of thioether (sulfide) groups is 1. The van der Waals surface area contributed by atoms with Crippen molar-refractivity contribution in [1.82, 2.24) is 14.9 Å². The molecule has 0 unspecified atom stereocenters. The van der Waals surface area contributed by atoms with Crippen LogP contribution in [-0.4, -0.2) is 47.3 Å². The van der Waals surface area contributed by atoms with Crippen LogP contribution in [0.15, 0.2) is 41.6 Å². The third kappa shape index (κ3) is 3.63. The molecule has 1 saturated heterocycles. The van der Waals surface area contributed by atoms with Gasteiger partial charge in [0.1, 0.15) is 5.82 Å². The molecule has 0 N–H and O–H groups in total. The predicted octanol–water partition coefficient (Wildman–Crippen LogP) is 3.87. The molecule has 1 fully saturated rings. The molecular weight excluding hydrogens is 355 g/mol. The molecule has 4 nitrogen and oxygen atoms in total. The highest BCUT2D eigenvalue weighted by Gasteiger charge is 2.20. The lowest BCUT2D eigenvalue weighted by Crippen LogP contribution is -2.46. The quantitative estimate of drug-likeness (QED) is 0.647. The van der Waals surface area contributed by atoms with Crippen molar-refractivity contribution in [3.8, 4) is 0 Å². The minimum atomic E-state index is -0.222. The highest BCUT2D eigenvalue weighted by atomic mass is 32.2. The van der Waals surface area contributed by atoms with Gasteiger partial charge in [-0.2, -0.15) is 0 Å². The number of fused-ring (bicyclic) bond motifs is 1. The van der Waals surface area contributed by atoms with Crippen molar-refractivity contribution in [2.75, 3.05) is 37.3 Å². The fourth-order valence-electron chi connectivity index (χ4n) is 3.03. The van der Waals surface area contributed by atoms with Crippen molar-refractivity contribution >= 4 is 38.4 Å². The second-order valence-electron chi connectivity index (χ2n) is 6.06. The van der Waals surface area contributed by atoms with Crippen LogP contribution in [-0.2, 0) is 6.54 Å². The molecule has 25 heavy (non-hydrogen) atoms. The first-order chi connectivity index (χ1) is 12.2. The van der Waals surface area contributed by atoms with E-state index in [1.54, 1.807) is 35.4 Å². The zero-order valence-corrected chi connectivity index (χ0v) is 15.6. The number of anilines is 1. The van der Waals surface area contributed by atoms with Crippen LogP contribution in [0.5, 0.6) is 0 Å². The van der Waals surface area contributed by atoms with E-state index >= 15 is 0 Å². The molecular formula is C18H19FN4S2. The van der Waals surface area contributed by atoms with E-state index in [1.165, 1.54) is 15.8 Å². The van der Waals surface area contributed by atoms with Crippen LogP contribution >= 0.6 is 23.1 Å². The van der Waals surface area contributed by atoms with Crippen LogP contribution in [0.2, 0.25) is 0 Å². The molecule has 1 aliphatic heterocycles. The van der Waals surface area contributed by atoms with Gasteiger partial charge < -0.3 is 4.90 Å². The number of piperazine rings is 1. The number of benzene rings is 1. The summed E-state index contributed by atoms with van der Waals surface area (Å²) in [5.41, 5.74) is 1.78. The lowest BCUT2D eigenvalue weighted by molar-refractivity contribution is 0.246. The third-order valence-electron chi connectivity index (χ3n) is 4.48. The second-order valence-corrected chi connectivity index (χ2v) is 7.95. The molecule has 1 aliphatic rings. The highest BCUT2D eigenvalue weighted by molar-refractivity contribution is 7.98. The lowest BCUT2D eigenvalue weighted by atomic mass is 10.2. The van der Waals surface area contributed by atoms with Crippen molar-refractivity contribution in [2.24, 2.45) is 0 Å². The topological polar surface area (TPSA) is 32.3 Å². The van der Waals surface area contributed by atoms with E-state index < -0.39 is 0 Å². The molecule has 0 saturated carbocycles. The molecule has 3 heterocycles. The molecule has 0 amide bonds. The number of rotatable bonds is 4. The van der Waals surface area contributed by atoms with Gasteiger partial charge in [-0.3, -0.25) is 9.88 Å². The molecule has 0 atom stereocenters. The summed E-state index contributed by atoms with van der Waals surface area (Å²) >= 11 is 3.51. The van der Waals surface area contributed by atoms with Gasteiger partial charge in [-0.15, -0.1) is 11.8 Å². The smallest absolute Gasteiger partial charge is 0.186 e. The van der Waals surface area contributed by atoms with E-state index in [0.717, 1.165) is 36.8 Å². The maximum Gasteiger partial charge on any atom is 0.186 e. The van der Waals surface area contributed by atoms with Crippen molar-refractivity contribution in [1.29, 1.82) is 0 Å². The second kappa shape index (κ2) is 7.27. The van der Waals surface area contributed by atoms with Crippen molar-refractivity contribution in [3.63, 3.8) is 0 Å². The fraction of sp³-hybridized carbons (Fsp3) is 0.333. The van der Waals surface area contributed by atoms with Crippen molar-refractivity contribution in [2.45, 2.75) is 11.4 Å². The Hall–Kier alpha value is -1.70. The highest BCUT2D eigenvalue weighted by Crippen LogP contribution is 2.32. The van der Waals surface area contributed by atoms with Crippen LogP contribution in [0.4, 0.5) is 9.52 Å². The molecule has 0 bridgehead atoms. The summed E-state index contributed by atoms with van der Waals surface area (Å²) in [5, 5.41) is 1.09. The van der Waals surface area contributed by atoms with Gasteiger partial charge in [0, 0.05) is 49.4 Å². The van der Waals surface area contributed by atoms with Crippen LogP contribution < -0.4 is 4.90 Å². The maximum absolute atomic E-state index is 13.8. The Bertz CT molecular complexity index is 874. The Morgan fingerprint density at radius 3 is 2.80 bits per heavy atom. The number of pyridine rings is 1. The fourth-order valence-corrected chi connectivity index (χ4v) is 4.60. The molecule has 0 aliphatic carbocycles. The van der Waals surface area contributed by atoms with Crippen LogP contribution in [0, 0.1) is 5.82 Å². The molecule has 4 rings (SSSR count). The van der Waals surface area contributed by atoms with Gasteiger partial charge >= 0.3 is 0 Å². The normalized spacial score (nSPS) is 15.8. The molecule has 0 spiro atoms. The molecule has 3 aromatic rings. The van der Waals surface area contributed by atoms with Gasteiger partial charge in [-0.1, -0.05) is 11.3 Å². The van der Waals surface area contributed by atoms with Gasteiger partial charge in [0.25, 0.3) is 0 Å². The Morgan fingerprint density at radius 1 is 1.20 bits per heavy atom. The number of halogens is 1. The van der Waals surface area contributed by atoms with Gasteiger partial charge in [-0.25, -0.2) is 9.37 Å². The number of thiazole rings is 1. The van der Waals surface area contributed by atoms with E-state index in [-0.39, 0.29) is 5.82 Å². The van der Waals surface area contributed by atoms with Crippen LogP contribution in [0.25, 0.3) is 10.2 Å². The summed E-state index contributed by atoms with van der Waals surface area (Å²) in [6.07, 6.45) is 5.03. The van der Waals surface area contributed by atoms with Crippen molar-refractivity contribution < 1.29 is 4.39 Å². The van der Waals surface area contributed by atoms with Gasteiger partial charge in [0.15, 0.2) is 5.13 Å². The first kappa shape index (κ1) is 16.8. The number of nitrogens with zero attached hydrogens (tertiary/aromatic N) is 4. The number of hydrogen-bond acceptors (Lipinski definition) is 6. The van der Waals surface area contributed by atoms with E-state index in [2.05, 4.69) is 39.2 Å². The predicted molar refractivity (Wildman–Crippen MR) is 103 cm³/mol. The Labute approximate surface area is 154 Å². The van der Waals surface area contributed by atoms with Crippen LogP contribution in [0.3, 0.4) is 0 Å². The number of hydrogen-bond donors (Lipinski definition) is 0. The summed E-state index contributed by atoms with van der Waals surface area (Å²) in [6, 6.07) is 8.20. The SMILES string of the molecule is CSc1ccc2nc(N3CCN(Cc4ccncc4F)CC3)sc2c1. The van der Waals surface area contributed by atoms with Crippen LogP contribution in [0.1, 0.15) is 5.56 Å². The van der Waals surface area contributed by atoms with Gasteiger partial charge in [0.05, 0.1) is 16.4 Å². The Balaban J connectivity index is 1.42. The first-order valence-corrected chi connectivity index (χ1v) is 10.3. The summed E-state index contributed by atoms with van der Waals surface area (Å²) < 4.78 is 15.0. The largest absolute Gasteiger partial charge is 0.345 e. The monoisotopic (exact) mass is 374 g/mol. The van der Waals surface area contributed by atoms with Crippen molar-refractivity contribution in [3.05, 3.63) is 48.0 Å². The van der Waals surface area contributed by atoms with E-state index in [0.29, 0.717) is 12.1 Å². The van der Waals surface area contributed by atoms with E-state index in [4.69, 9.17) is 4.98 Å². The summed E-state index contributed by atoms with van der Waals surface area (Å²) in [7, 11) is 0. The van der Waals surface area contributed by atoms with E-state index in [1.807, 2.05) is 0 Å². The zero-order chi connectivity index (χ0) is 17.2. The minimum absolute atomic E-state index is 0.222. The summed E-state index contributed by atoms with van der Waals surface area (Å²) in [5.74, 6) is -0.222. The summed E-state index contributed by atoms with van der Waals surface area (Å²) in [4.78, 5) is 14.5. The molecule has 2 aromatic heterocycles. The molecule has 1 aromatic carbocycles. The average molecular weight is 375 g/mol. The molecule has 0 radical (unpaired) electrons. The third-order valence-corrected chi connectivity index (χ3v) is 6.28. The molecule has 130 valence electrons.